The molecule has 2 aromatic rings. The van der Waals surface area contributed by atoms with Crippen LogP contribution in [-0.4, -0.2) is 62.1 Å². The van der Waals surface area contributed by atoms with E-state index in [-0.39, 0.29) is 42.3 Å². The summed E-state index contributed by atoms with van der Waals surface area (Å²) in [6, 6.07) is 5.04. The smallest absolute Gasteiger partial charge is 0.203 e. The Balaban J connectivity index is 2.33. The Hall–Kier alpha value is -2.84. The molecule has 164 valence electrons. The standard InChI is InChI=1S/C22H28O8/c1-27-16-7-12(8-17(28-2)21(16)29-3)18-14(10-24)13(9-23)5-11-6-15(25)20(26)22(30-4)19(11)18/h6-8,13-14,18,23-26H,5,9-10H2,1-4H3/t13-,14+,18-/m0/s1. The van der Waals surface area contributed by atoms with Gasteiger partial charge in [-0.15, -0.1) is 0 Å². The van der Waals surface area contributed by atoms with E-state index >= 15 is 0 Å². The molecule has 1 aliphatic rings. The van der Waals surface area contributed by atoms with E-state index < -0.39 is 5.92 Å². The Morgan fingerprint density at radius 3 is 1.90 bits per heavy atom. The van der Waals surface area contributed by atoms with E-state index in [0.717, 1.165) is 11.1 Å². The molecule has 0 bridgehead atoms. The second-order valence-electron chi connectivity index (χ2n) is 7.28. The molecule has 0 radical (unpaired) electrons. The molecule has 2 aromatic carbocycles. The number of hydrogen-bond acceptors (Lipinski definition) is 8. The van der Waals surface area contributed by atoms with Crippen molar-refractivity contribution in [3.63, 3.8) is 0 Å². The van der Waals surface area contributed by atoms with Crippen LogP contribution in [0.3, 0.4) is 0 Å². The third-order valence-corrected chi connectivity index (χ3v) is 5.88. The Bertz CT molecular complexity index is 885. The first-order valence-corrected chi connectivity index (χ1v) is 9.58. The number of hydrogen-bond donors (Lipinski definition) is 4. The zero-order chi connectivity index (χ0) is 22.0. The van der Waals surface area contributed by atoms with Gasteiger partial charge in [0.2, 0.25) is 11.5 Å². The van der Waals surface area contributed by atoms with Crippen molar-refractivity contribution in [2.75, 3.05) is 41.7 Å². The van der Waals surface area contributed by atoms with Crippen LogP contribution in [-0.2, 0) is 6.42 Å². The van der Waals surface area contributed by atoms with Gasteiger partial charge in [-0.3, -0.25) is 0 Å². The summed E-state index contributed by atoms with van der Waals surface area (Å²) in [6.07, 6.45) is 0.419. The molecule has 8 nitrogen and oxygen atoms in total. The summed E-state index contributed by atoms with van der Waals surface area (Å²) in [5.41, 5.74) is 2.10. The summed E-state index contributed by atoms with van der Waals surface area (Å²) >= 11 is 0. The van der Waals surface area contributed by atoms with Gasteiger partial charge in [0.25, 0.3) is 0 Å². The van der Waals surface area contributed by atoms with E-state index in [4.69, 9.17) is 18.9 Å². The number of phenols is 2. The maximum atomic E-state index is 10.4. The summed E-state index contributed by atoms with van der Waals surface area (Å²) in [4.78, 5) is 0. The highest BCUT2D eigenvalue weighted by Crippen LogP contribution is 2.54. The zero-order valence-electron chi connectivity index (χ0n) is 17.5. The number of phenolic OH excluding ortho intramolecular Hbond substituents is 2. The fourth-order valence-electron chi connectivity index (χ4n) is 4.49. The van der Waals surface area contributed by atoms with Gasteiger partial charge in [-0.2, -0.15) is 0 Å². The molecule has 0 aliphatic heterocycles. The molecule has 0 fully saturated rings. The molecule has 4 N–H and O–H groups in total. The van der Waals surface area contributed by atoms with Crippen molar-refractivity contribution < 1.29 is 39.4 Å². The number of aliphatic hydroxyl groups excluding tert-OH is 2. The van der Waals surface area contributed by atoms with Crippen LogP contribution in [0.2, 0.25) is 0 Å². The van der Waals surface area contributed by atoms with Crippen LogP contribution in [0.1, 0.15) is 22.6 Å². The first-order valence-electron chi connectivity index (χ1n) is 9.58. The number of aromatic hydroxyl groups is 2. The normalized spacial score (nSPS) is 20.4. The fourth-order valence-corrected chi connectivity index (χ4v) is 4.49. The lowest BCUT2D eigenvalue weighted by molar-refractivity contribution is 0.0999. The Kier molecular flexibility index (Phi) is 6.48. The van der Waals surface area contributed by atoms with Crippen LogP contribution in [0.4, 0.5) is 0 Å². The van der Waals surface area contributed by atoms with Crippen LogP contribution in [0, 0.1) is 11.8 Å². The van der Waals surface area contributed by atoms with E-state index in [1.165, 1.54) is 34.5 Å². The number of fused-ring (bicyclic) bond motifs is 1. The van der Waals surface area contributed by atoms with Gasteiger partial charge in [-0.05, 0) is 47.6 Å². The molecule has 0 amide bonds. The summed E-state index contributed by atoms with van der Waals surface area (Å²) in [5.74, 6) is -0.315. The molecular weight excluding hydrogens is 392 g/mol. The molecule has 8 heteroatoms. The fraction of sp³-hybridized carbons (Fsp3) is 0.455. The zero-order valence-corrected chi connectivity index (χ0v) is 17.5. The number of ether oxygens (including phenoxy) is 4. The van der Waals surface area contributed by atoms with Gasteiger partial charge in [0.15, 0.2) is 23.0 Å². The average molecular weight is 420 g/mol. The van der Waals surface area contributed by atoms with Crippen molar-refractivity contribution in [1.82, 2.24) is 0 Å². The van der Waals surface area contributed by atoms with Crippen molar-refractivity contribution in [3.8, 4) is 34.5 Å². The predicted molar refractivity (Wildman–Crippen MR) is 109 cm³/mol. The minimum absolute atomic E-state index is 0.138. The second kappa shape index (κ2) is 8.89. The van der Waals surface area contributed by atoms with Crippen LogP contribution in [0.5, 0.6) is 34.5 Å². The summed E-state index contributed by atoms with van der Waals surface area (Å²) < 4.78 is 21.8. The third kappa shape index (κ3) is 3.46. The molecule has 3 atom stereocenters. The molecule has 0 aromatic heterocycles. The topological polar surface area (TPSA) is 118 Å². The molecular formula is C22H28O8. The molecule has 30 heavy (non-hydrogen) atoms. The molecule has 0 spiro atoms. The lowest BCUT2D eigenvalue weighted by atomic mass is 9.66. The van der Waals surface area contributed by atoms with E-state index in [1.54, 1.807) is 12.1 Å². The quantitative estimate of drug-likeness (QED) is 0.503. The molecule has 0 saturated carbocycles. The van der Waals surface area contributed by atoms with Gasteiger partial charge in [-0.25, -0.2) is 0 Å². The van der Waals surface area contributed by atoms with Crippen molar-refractivity contribution in [2.45, 2.75) is 12.3 Å². The summed E-state index contributed by atoms with van der Waals surface area (Å²) in [7, 11) is 5.95. The predicted octanol–water partition coefficient (Wildman–Crippen LogP) is 2.04. The SMILES string of the molecule is COc1cc([C@@H]2c3c(cc(O)c(O)c3OC)C[C@@H](CO)[C@H]2CO)cc(OC)c1OC. The molecule has 0 heterocycles. The Morgan fingerprint density at radius 2 is 1.43 bits per heavy atom. The maximum absolute atomic E-state index is 10.4. The first-order chi connectivity index (χ1) is 14.4. The summed E-state index contributed by atoms with van der Waals surface area (Å²) in [5, 5.41) is 40.8. The van der Waals surface area contributed by atoms with Gasteiger partial charge in [-0.1, -0.05) is 0 Å². The largest absolute Gasteiger partial charge is 0.504 e. The monoisotopic (exact) mass is 420 g/mol. The van der Waals surface area contributed by atoms with Gasteiger partial charge < -0.3 is 39.4 Å². The highest BCUT2D eigenvalue weighted by molar-refractivity contribution is 5.63. The van der Waals surface area contributed by atoms with Crippen molar-refractivity contribution >= 4 is 0 Å². The van der Waals surface area contributed by atoms with E-state index in [1.807, 2.05) is 0 Å². The van der Waals surface area contributed by atoms with Crippen LogP contribution in [0.25, 0.3) is 0 Å². The lowest BCUT2D eigenvalue weighted by Gasteiger charge is -2.39. The minimum Gasteiger partial charge on any atom is -0.504 e. The molecule has 0 unspecified atom stereocenters. The number of rotatable bonds is 7. The van der Waals surface area contributed by atoms with E-state index in [0.29, 0.717) is 29.2 Å². The van der Waals surface area contributed by atoms with Crippen molar-refractivity contribution in [2.24, 2.45) is 11.8 Å². The van der Waals surface area contributed by atoms with Crippen LogP contribution >= 0.6 is 0 Å². The second-order valence-corrected chi connectivity index (χ2v) is 7.28. The van der Waals surface area contributed by atoms with Crippen LogP contribution < -0.4 is 18.9 Å². The van der Waals surface area contributed by atoms with E-state index in [2.05, 4.69) is 0 Å². The van der Waals surface area contributed by atoms with Gasteiger partial charge in [0.05, 0.1) is 28.4 Å². The summed E-state index contributed by atoms with van der Waals surface area (Å²) in [6.45, 7) is -0.341. The van der Waals surface area contributed by atoms with Gasteiger partial charge in [0, 0.05) is 24.7 Å². The van der Waals surface area contributed by atoms with E-state index in [9.17, 15) is 20.4 Å². The molecule has 1 aliphatic carbocycles. The first kappa shape index (κ1) is 21.9. The molecule has 0 saturated heterocycles. The Morgan fingerprint density at radius 1 is 0.833 bits per heavy atom. The van der Waals surface area contributed by atoms with Gasteiger partial charge >= 0.3 is 0 Å². The number of methoxy groups -OCH3 is 4. The van der Waals surface area contributed by atoms with Crippen molar-refractivity contribution in [3.05, 3.63) is 34.9 Å². The highest BCUT2D eigenvalue weighted by Gasteiger charge is 2.41. The van der Waals surface area contributed by atoms with Crippen LogP contribution in [0.15, 0.2) is 18.2 Å². The van der Waals surface area contributed by atoms with Crippen molar-refractivity contribution in [1.29, 1.82) is 0 Å². The minimum atomic E-state index is -0.467. The maximum Gasteiger partial charge on any atom is 0.203 e. The Labute approximate surface area is 175 Å². The number of benzene rings is 2. The highest BCUT2D eigenvalue weighted by atomic mass is 16.5. The third-order valence-electron chi connectivity index (χ3n) is 5.88. The van der Waals surface area contributed by atoms with Gasteiger partial charge in [0.1, 0.15) is 0 Å². The lowest BCUT2D eigenvalue weighted by Crippen LogP contribution is -2.35. The number of aliphatic hydroxyl groups is 2. The average Bonchev–Trinajstić information content (AvgIpc) is 2.77. The molecule has 3 rings (SSSR count).